The Kier molecular flexibility index (Phi) is 7.12. The molecule has 1 aliphatic heterocycles. The lowest BCUT2D eigenvalue weighted by molar-refractivity contribution is -0.127. The highest BCUT2D eigenvalue weighted by molar-refractivity contribution is 5.77. The number of carbonyl (C=O) groups excluding carboxylic acids is 1. The van der Waals surface area contributed by atoms with Gasteiger partial charge >= 0.3 is 0 Å². The van der Waals surface area contributed by atoms with Gasteiger partial charge in [-0.3, -0.25) is 4.79 Å². The fourth-order valence-corrected chi connectivity index (χ4v) is 1.67. The van der Waals surface area contributed by atoms with E-state index in [1.54, 1.807) is 0 Å². The van der Waals surface area contributed by atoms with Crippen LogP contribution in [0.25, 0.3) is 0 Å². The van der Waals surface area contributed by atoms with Gasteiger partial charge in [0.15, 0.2) is 0 Å². The predicted molar refractivity (Wildman–Crippen MR) is 61.3 cm³/mol. The van der Waals surface area contributed by atoms with Crippen molar-refractivity contribution < 1.29 is 14.3 Å². The molecule has 1 amide bonds. The third-order valence-corrected chi connectivity index (χ3v) is 2.47. The molecule has 1 fully saturated rings. The summed E-state index contributed by atoms with van der Waals surface area (Å²) in [6.45, 7) is 5.69. The van der Waals surface area contributed by atoms with Crippen LogP contribution in [0, 0.1) is 0 Å². The maximum atomic E-state index is 11.4. The van der Waals surface area contributed by atoms with Crippen LogP contribution in [-0.2, 0) is 14.3 Å². The Morgan fingerprint density at radius 2 is 2.25 bits per heavy atom. The summed E-state index contributed by atoms with van der Waals surface area (Å²) in [5, 5.41) is 6.19. The number of hydrogen-bond donors (Lipinski definition) is 2. The summed E-state index contributed by atoms with van der Waals surface area (Å²) in [5.41, 5.74) is 0. The van der Waals surface area contributed by atoms with Crippen molar-refractivity contribution in [1.29, 1.82) is 0 Å². The molecule has 0 aromatic rings. The van der Waals surface area contributed by atoms with Gasteiger partial charge in [0.2, 0.25) is 5.91 Å². The third-order valence-electron chi connectivity index (χ3n) is 2.47. The molecule has 1 heterocycles. The molecule has 0 aromatic heterocycles. The number of carbonyl (C=O) groups is 1. The highest BCUT2D eigenvalue weighted by atomic mass is 16.5. The lowest BCUT2D eigenvalue weighted by atomic mass is 10.1. The molecular formula is C11H22N2O3. The average molecular weight is 230 g/mol. The first-order chi connectivity index (χ1) is 7.83. The van der Waals surface area contributed by atoms with E-state index in [0.29, 0.717) is 19.8 Å². The van der Waals surface area contributed by atoms with Gasteiger partial charge in [-0.2, -0.15) is 0 Å². The van der Waals surface area contributed by atoms with E-state index in [4.69, 9.17) is 9.47 Å². The van der Waals surface area contributed by atoms with Crippen LogP contribution in [0.4, 0.5) is 0 Å². The zero-order valence-corrected chi connectivity index (χ0v) is 9.96. The molecule has 5 heteroatoms. The summed E-state index contributed by atoms with van der Waals surface area (Å²) in [6.07, 6.45) is 2.17. The maximum Gasteiger partial charge on any atom is 0.246 e. The van der Waals surface area contributed by atoms with Gasteiger partial charge in [0.05, 0.1) is 13.2 Å². The predicted octanol–water partition coefficient (Wildman–Crippen LogP) is -0.0923. The van der Waals surface area contributed by atoms with E-state index in [1.165, 1.54) is 0 Å². The minimum atomic E-state index is -0.0369. The molecular weight excluding hydrogens is 208 g/mol. The van der Waals surface area contributed by atoms with E-state index in [0.717, 1.165) is 25.9 Å². The summed E-state index contributed by atoms with van der Waals surface area (Å²) in [6, 6.07) is 0.261. The highest BCUT2D eigenvalue weighted by Crippen LogP contribution is 2.00. The van der Waals surface area contributed by atoms with E-state index in [-0.39, 0.29) is 18.6 Å². The molecule has 0 unspecified atom stereocenters. The van der Waals surface area contributed by atoms with E-state index in [9.17, 15) is 4.79 Å². The molecule has 1 rings (SSSR count). The number of amides is 1. The van der Waals surface area contributed by atoms with E-state index in [2.05, 4.69) is 10.6 Å². The number of ether oxygens (including phenoxy) is 2. The lowest BCUT2D eigenvalue weighted by Gasteiger charge is -2.23. The van der Waals surface area contributed by atoms with Crippen LogP contribution in [0.3, 0.4) is 0 Å². The zero-order valence-electron chi connectivity index (χ0n) is 9.96. The Hall–Kier alpha value is -0.650. The second-order valence-corrected chi connectivity index (χ2v) is 3.86. The standard InChI is InChI=1S/C11H22N2O3/c1-2-15-6-7-16-9-11(14)13-10-4-3-5-12-8-10/h10,12H,2-9H2,1H3,(H,13,14)/t10-/m0/s1. The summed E-state index contributed by atoms with van der Waals surface area (Å²) in [4.78, 5) is 11.4. The molecule has 0 spiro atoms. The summed E-state index contributed by atoms with van der Waals surface area (Å²) in [7, 11) is 0. The van der Waals surface area contributed by atoms with Crippen LogP contribution in [0.1, 0.15) is 19.8 Å². The van der Waals surface area contributed by atoms with Gasteiger partial charge in [0.25, 0.3) is 0 Å². The summed E-state index contributed by atoms with van der Waals surface area (Å²) >= 11 is 0. The van der Waals surface area contributed by atoms with Gasteiger partial charge in [0, 0.05) is 19.2 Å². The molecule has 0 aliphatic carbocycles. The van der Waals surface area contributed by atoms with Gasteiger partial charge in [-0.15, -0.1) is 0 Å². The first kappa shape index (κ1) is 13.4. The second kappa shape index (κ2) is 8.50. The number of hydrogen-bond acceptors (Lipinski definition) is 4. The molecule has 1 atom stereocenters. The van der Waals surface area contributed by atoms with Crippen molar-refractivity contribution in [2.45, 2.75) is 25.8 Å². The van der Waals surface area contributed by atoms with Gasteiger partial charge in [-0.1, -0.05) is 0 Å². The zero-order chi connectivity index (χ0) is 11.6. The lowest BCUT2D eigenvalue weighted by Crippen LogP contribution is -2.46. The maximum absolute atomic E-state index is 11.4. The van der Waals surface area contributed by atoms with Crippen molar-refractivity contribution in [3.8, 4) is 0 Å². The van der Waals surface area contributed by atoms with Gasteiger partial charge in [-0.25, -0.2) is 0 Å². The van der Waals surface area contributed by atoms with Crippen molar-refractivity contribution in [3.05, 3.63) is 0 Å². The molecule has 1 saturated heterocycles. The number of nitrogens with one attached hydrogen (secondary N) is 2. The molecule has 0 saturated carbocycles. The quantitative estimate of drug-likeness (QED) is 0.600. The van der Waals surface area contributed by atoms with Gasteiger partial charge in [0.1, 0.15) is 6.61 Å². The minimum Gasteiger partial charge on any atom is -0.379 e. The van der Waals surface area contributed by atoms with Crippen LogP contribution >= 0.6 is 0 Å². The topological polar surface area (TPSA) is 59.6 Å². The van der Waals surface area contributed by atoms with Crippen molar-refractivity contribution in [2.24, 2.45) is 0 Å². The van der Waals surface area contributed by atoms with Crippen LogP contribution in [0.2, 0.25) is 0 Å². The summed E-state index contributed by atoms with van der Waals surface area (Å²) in [5.74, 6) is -0.0369. The monoisotopic (exact) mass is 230 g/mol. The normalized spacial score (nSPS) is 20.7. The smallest absolute Gasteiger partial charge is 0.246 e. The van der Waals surface area contributed by atoms with E-state index in [1.807, 2.05) is 6.92 Å². The molecule has 16 heavy (non-hydrogen) atoms. The SMILES string of the molecule is CCOCCOCC(=O)N[C@H]1CCCNC1. The Labute approximate surface area is 96.9 Å². The molecule has 0 aromatic carbocycles. The molecule has 0 radical (unpaired) electrons. The van der Waals surface area contributed by atoms with Crippen LogP contribution < -0.4 is 10.6 Å². The number of piperidine rings is 1. The van der Waals surface area contributed by atoms with Crippen molar-refractivity contribution >= 4 is 5.91 Å². The van der Waals surface area contributed by atoms with Crippen molar-refractivity contribution in [1.82, 2.24) is 10.6 Å². The van der Waals surface area contributed by atoms with Crippen molar-refractivity contribution in [2.75, 3.05) is 39.5 Å². The molecule has 94 valence electrons. The Morgan fingerprint density at radius 3 is 2.94 bits per heavy atom. The minimum absolute atomic E-state index is 0.0369. The molecule has 0 bridgehead atoms. The van der Waals surface area contributed by atoms with E-state index < -0.39 is 0 Å². The first-order valence-corrected chi connectivity index (χ1v) is 5.98. The Bertz CT molecular complexity index is 194. The fraction of sp³-hybridized carbons (Fsp3) is 0.909. The molecule has 2 N–H and O–H groups in total. The highest BCUT2D eigenvalue weighted by Gasteiger charge is 2.14. The van der Waals surface area contributed by atoms with Gasteiger partial charge < -0.3 is 20.1 Å². The van der Waals surface area contributed by atoms with E-state index >= 15 is 0 Å². The van der Waals surface area contributed by atoms with Gasteiger partial charge in [-0.05, 0) is 26.3 Å². The fourth-order valence-electron chi connectivity index (χ4n) is 1.67. The van der Waals surface area contributed by atoms with Crippen LogP contribution in [0.15, 0.2) is 0 Å². The van der Waals surface area contributed by atoms with Crippen LogP contribution in [0.5, 0.6) is 0 Å². The van der Waals surface area contributed by atoms with Crippen molar-refractivity contribution in [3.63, 3.8) is 0 Å². The summed E-state index contributed by atoms with van der Waals surface area (Å²) < 4.78 is 10.3. The largest absolute Gasteiger partial charge is 0.379 e. The first-order valence-electron chi connectivity index (χ1n) is 5.98. The average Bonchev–Trinajstić information content (AvgIpc) is 2.30. The second-order valence-electron chi connectivity index (χ2n) is 3.86. The Balaban J connectivity index is 1.97. The molecule has 5 nitrogen and oxygen atoms in total. The molecule has 1 aliphatic rings. The van der Waals surface area contributed by atoms with Crippen LogP contribution in [-0.4, -0.2) is 51.5 Å². The third kappa shape index (κ3) is 6.05. The number of rotatable bonds is 7. The Morgan fingerprint density at radius 1 is 1.44 bits per heavy atom.